The molecule has 0 bridgehead atoms. The molecule has 0 saturated heterocycles. The van der Waals surface area contributed by atoms with E-state index in [9.17, 15) is 4.39 Å². The Morgan fingerprint density at radius 1 is 1.44 bits per heavy atom. The third-order valence-corrected chi connectivity index (χ3v) is 3.14. The Balaban J connectivity index is 2.36. The number of hydrogen-bond acceptors (Lipinski definition) is 3. The van der Waals surface area contributed by atoms with Crippen LogP contribution in [0.25, 0.3) is 0 Å². The van der Waals surface area contributed by atoms with Crippen LogP contribution in [-0.2, 0) is 0 Å². The van der Waals surface area contributed by atoms with Gasteiger partial charge in [0.05, 0.1) is 7.11 Å². The lowest BCUT2D eigenvalue weighted by molar-refractivity contribution is 0.387. The summed E-state index contributed by atoms with van der Waals surface area (Å²) in [6, 6.07) is 4.83. The van der Waals surface area contributed by atoms with Crippen LogP contribution in [0.1, 0.15) is 13.3 Å². The van der Waals surface area contributed by atoms with E-state index >= 15 is 0 Å². The Morgan fingerprint density at radius 2 is 2.25 bits per heavy atom. The van der Waals surface area contributed by atoms with Gasteiger partial charge in [0.25, 0.3) is 0 Å². The van der Waals surface area contributed by atoms with Crippen LogP contribution in [0.15, 0.2) is 18.2 Å². The van der Waals surface area contributed by atoms with Gasteiger partial charge in [-0.1, -0.05) is 6.92 Å². The van der Waals surface area contributed by atoms with Gasteiger partial charge in [-0.15, -0.1) is 0 Å². The molecular weight excluding hydrogens is 225 g/mol. The van der Waals surface area contributed by atoms with E-state index in [0.717, 1.165) is 30.2 Å². The Labute approximate surface area is 101 Å². The summed E-state index contributed by atoms with van der Waals surface area (Å²) in [6.07, 6.45) is 1.11. The fourth-order valence-electron chi connectivity index (χ4n) is 1.32. The standard InChI is InChI=1S/C12H18FNOS/c1-3-16-8-4-7-14-10-5-6-11(13)12(9-10)15-2/h5-6,9,14H,3-4,7-8H2,1-2H3. The van der Waals surface area contributed by atoms with Crippen molar-refractivity contribution in [2.24, 2.45) is 0 Å². The summed E-state index contributed by atoms with van der Waals surface area (Å²) in [5, 5.41) is 3.25. The molecule has 1 aromatic carbocycles. The molecule has 0 radical (unpaired) electrons. The number of thioether (sulfide) groups is 1. The molecule has 0 aliphatic rings. The predicted molar refractivity (Wildman–Crippen MR) is 69.1 cm³/mol. The monoisotopic (exact) mass is 243 g/mol. The molecular formula is C12H18FNOS. The van der Waals surface area contributed by atoms with Gasteiger partial charge < -0.3 is 10.1 Å². The molecule has 2 nitrogen and oxygen atoms in total. The maximum atomic E-state index is 13.1. The van der Waals surface area contributed by atoms with Crippen molar-refractivity contribution in [3.05, 3.63) is 24.0 Å². The molecule has 16 heavy (non-hydrogen) atoms. The highest BCUT2D eigenvalue weighted by molar-refractivity contribution is 7.99. The summed E-state index contributed by atoms with van der Waals surface area (Å²) in [5.41, 5.74) is 0.903. The number of halogens is 1. The number of methoxy groups -OCH3 is 1. The van der Waals surface area contributed by atoms with E-state index < -0.39 is 0 Å². The quantitative estimate of drug-likeness (QED) is 0.742. The van der Waals surface area contributed by atoms with Crippen LogP contribution in [-0.4, -0.2) is 25.2 Å². The summed E-state index contributed by atoms with van der Waals surface area (Å²) < 4.78 is 18.0. The van der Waals surface area contributed by atoms with Crippen molar-refractivity contribution in [2.45, 2.75) is 13.3 Å². The van der Waals surface area contributed by atoms with Gasteiger partial charge in [-0.2, -0.15) is 11.8 Å². The number of anilines is 1. The zero-order chi connectivity index (χ0) is 11.8. The average Bonchev–Trinajstić information content (AvgIpc) is 2.31. The Kier molecular flexibility index (Phi) is 6.08. The number of nitrogens with one attached hydrogen (secondary N) is 1. The number of ether oxygens (including phenoxy) is 1. The van der Waals surface area contributed by atoms with Gasteiger partial charge in [0, 0.05) is 18.3 Å². The number of rotatable bonds is 7. The lowest BCUT2D eigenvalue weighted by Gasteiger charge is -2.08. The molecule has 1 aromatic rings. The maximum absolute atomic E-state index is 13.1. The summed E-state index contributed by atoms with van der Waals surface area (Å²) in [4.78, 5) is 0. The molecule has 0 spiro atoms. The molecule has 0 aromatic heterocycles. The highest BCUT2D eigenvalue weighted by Gasteiger charge is 2.02. The molecule has 1 N–H and O–H groups in total. The van der Waals surface area contributed by atoms with Crippen molar-refractivity contribution < 1.29 is 9.13 Å². The first-order valence-electron chi connectivity index (χ1n) is 5.43. The van der Waals surface area contributed by atoms with Crippen molar-refractivity contribution in [1.29, 1.82) is 0 Å². The highest BCUT2D eigenvalue weighted by Crippen LogP contribution is 2.21. The van der Waals surface area contributed by atoms with Crippen LogP contribution < -0.4 is 10.1 Å². The highest BCUT2D eigenvalue weighted by atomic mass is 32.2. The zero-order valence-corrected chi connectivity index (χ0v) is 10.6. The summed E-state index contributed by atoms with van der Waals surface area (Å²) >= 11 is 1.93. The molecule has 4 heteroatoms. The molecule has 0 atom stereocenters. The maximum Gasteiger partial charge on any atom is 0.165 e. The Morgan fingerprint density at radius 3 is 2.94 bits per heavy atom. The Hall–Kier alpha value is -0.900. The fourth-order valence-corrected chi connectivity index (χ4v) is 1.96. The molecule has 0 aliphatic heterocycles. The van der Waals surface area contributed by atoms with E-state index in [1.54, 1.807) is 12.1 Å². The van der Waals surface area contributed by atoms with Gasteiger partial charge in [0.15, 0.2) is 11.6 Å². The van der Waals surface area contributed by atoms with Gasteiger partial charge in [-0.25, -0.2) is 4.39 Å². The van der Waals surface area contributed by atoms with Crippen LogP contribution in [0.4, 0.5) is 10.1 Å². The van der Waals surface area contributed by atoms with Crippen LogP contribution in [0.2, 0.25) is 0 Å². The smallest absolute Gasteiger partial charge is 0.165 e. The molecule has 0 fully saturated rings. The molecule has 0 amide bonds. The van der Waals surface area contributed by atoms with E-state index in [4.69, 9.17) is 4.74 Å². The first-order valence-corrected chi connectivity index (χ1v) is 6.58. The summed E-state index contributed by atoms with van der Waals surface area (Å²) in [5.74, 6) is 2.27. The Bertz CT molecular complexity index is 320. The molecule has 0 saturated carbocycles. The average molecular weight is 243 g/mol. The minimum absolute atomic E-state index is 0.285. The summed E-state index contributed by atoms with van der Waals surface area (Å²) in [6.45, 7) is 3.06. The van der Waals surface area contributed by atoms with Gasteiger partial charge in [-0.05, 0) is 30.1 Å². The van der Waals surface area contributed by atoms with E-state index in [1.807, 2.05) is 11.8 Å². The van der Waals surface area contributed by atoms with E-state index in [-0.39, 0.29) is 11.6 Å². The van der Waals surface area contributed by atoms with Crippen LogP contribution >= 0.6 is 11.8 Å². The lowest BCUT2D eigenvalue weighted by atomic mass is 10.3. The van der Waals surface area contributed by atoms with Crippen LogP contribution in [0.3, 0.4) is 0 Å². The van der Waals surface area contributed by atoms with Gasteiger partial charge in [-0.3, -0.25) is 0 Å². The summed E-state index contributed by atoms with van der Waals surface area (Å²) in [7, 11) is 1.47. The first kappa shape index (κ1) is 13.2. The fraction of sp³-hybridized carbons (Fsp3) is 0.500. The third kappa shape index (κ3) is 4.31. The minimum atomic E-state index is -0.324. The molecule has 0 aliphatic carbocycles. The SMILES string of the molecule is CCSCCCNc1ccc(F)c(OC)c1. The van der Waals surface area contributed by atoms with Crippen LogP contribution in [0.5, 0.6) is 5.75 Å². The molecule has 90 valence electrons. The second-order valence-corrected chi connectivity index (χ2v) is 4.72. The normalized spacial score (nSPS) is 10.2. The molecule has 0 heterocycles. The van der Waals surface area contributed by atoms with Crippen LogP contribution in [0, 0.1) is 5.82 Å². The van der Waals surface area contributed by atoms with Crippen molar-refractivity contribution in [2.75, 3.05) is 30.5 Å². The molecule has 0 unspecified atom stereocenters. The largest absolute Gasteiger partial charge is 0.494 e. The third-order valence-electron chi connectivity index (χ3n) is 2.15. The van der Waals surface area contributed by atoms with Crippen molar-refractivity contribution >= 4 is 17.4 Å². The number of benzene rings is 1. The van der Waals surface area contributed by atoms with Crippen molar-refractivity contribution in [1.82, 2.24) is 0 Å². The molecule has 1 rings (SSSR count). The second kappa shape index (κ2) is 7.39. The lowest BCUT2D eigenvalue weighted by Crippen LogP contribution is -2.03. The van der Waals surface area contributed by atoms with E-state index in [2.05, 4.69) is 12.2 Å². The number of hydrogen-bond donors (Lipinski definition) is 1. The van der Waals surface area contributed by atoms with E-state index in [0.29, 0.717) is 0 Å². The predicted octanol–water partition coefficient (Wildman–Crippen LogP) is 3.39. The first-order chi connectivity index (χ1) is 7.77. The second-order valence-electron chi connectivity index (χ2n) is 3.33. The topological polar surface area (TPSA) is 21.3 Å². The van der Waals surface area contributed by atoms with Crippen molar-refractivity contribution in [3.8, 4) is 5.75 Å². The van der Waals surface area contributed by atoms with Crippen molar-refractivity contribution in [3.63, 3.8) is 0 Å². The van der Waals surface area contributed by atoms with E-state index in [1.165, 1.54) is 13.2 Å². The van der Waals surface area contributed by atoms with Gasteiger partial charge in [0.1, 0.15) is 0 Å². The van der Waals surface area contributed by atoms with Gasteiger partial charge >= 0.3 is 0 Å². The minimum Gasteiger partial charge on any atom is -0.494 e. The van der Waals surface area contributed by atoms with Gasteiger partial charge in [0.2, 0.25) is 0 Å². The zero-order valence-electron chi connectivity index (χ0n) is 9.75.